The summed E-state index contributed by atoms with van der Waals surface area (Å²) < 4.78 is 8.88. The Labute approximate surface area is 71.8 Å². The molecule has 0 spiro atoms. The van der Waals surface area contributed by atoms with Gasteiger partial charge in [0.2, 0.25) is 0 Å². The van der Waals surface area contributed by atoms with E-state index in [-0.39, 0.29) is 45.0 Å². The van der Waals surface area contributed by atoms with E-state index >= 15 is 0 Å². The van der Waals surface area contributed by atoms with Crippen molar-refractivity contribution in [1.29, 1.82) is 0 Å². The summed E-state index contributed by atoms with van der Waals surface area (Å²) in [5.41, 5.74) is 0. The van der Waals surface area contributed by atoms with Crippen molar-refractivity contribution in [3.05, 3.63) is 0 Å². The van der Waals surface area contributed by atoms with Gasteiger partial charge in [0, 0.05) is 45.0 Å². The first-order valence-corrected chi connectivity index (χ1v) is 2.35. The van der Waals surface area contributed by atoms with Gasteiger partial charge in [0.05, 0.1) is 0 Å². The van der Waals surface area contributed by atoms with Crippen molar-refractivity contribution in [2.75, 3.05) is 0 Å². The van der Waals surface area contributed by atoms with Gasteiger partial charge in [-0.05, 0) is 0 Å². The van der Waals surface area contributed by atoms with E-state index in [1.54, 1.807) is 0 Å². The normalized spacial score (nSPS) is 8.43. The van der Waals surface area contributed by atoms with E-state index in [4.69, 9.17) is 19.2 Å². The van der Waals surface area contributed by atoms with Gasteiger partial charge >= 0.3 is 7.82 Å². The average Bonchev–Trinajstić information content (AvgIpc) is 0.722. The van der Waals surface area contributed by atoms with E-state index in [1.165, 1.54) is 0 Å². The van der Waals surface area contributed by atoms with Crippen LogP contribution in [0.15, 0.2) is 0 Å². The summed E-state index contributed by atoms with van der Waals surface area (Å²) in [6, 6.07) is 0. The Hall–Kier alpha value is 1.60. The summed E-state index contributed by atoms with van der Waals surface area (Å²) in [4.78, 5) is 21.6. The van der Waals surface area contributed by atoms with Gasteiger partial charge < -0.3 is 14.7 Å². The molecule has 0 unspecified atom stereocenters. The van der Waals surface area contributed by atoms with Crippen molar-refractivity contribution < 1.29 is 40.3 Å². The minimum absolute atomic E-state index is 0. The molecule has 4 nitrogen and oxygen atoms in total. The quantitative estimate of drug-likeness (QED) is 0.383. The maximum absolute atomic E-state index is 8.88. The first kappa shape index (κ1) is 15.8. The molecule has 0 heterocycles. The molecule has 3 N–H and O–H groups in total. The number of rotatable bonds is 0. The van der Waals surface area contributed by atoms with Crippen LogP contribution in [0.2, 0.25) is 0 Å². The van der Waals surface area contributed by atoms with Crippen LogP contribution in [0.4, 0.5) is 0 Å². The molecule has 0 saturated heterocycles. The van der Waals surface area contributed by atoms with Gasteiger partial charge in [-0.15, -0.1) is 0 Å². The zero-order valence-electron chi connectivity index (χ0n) is 3.11. The van der Waals surface area contributed by atoms with Crippen LogP contribution >= 0.6 is 7.82 Å². The topological polar surface area (TPSA) is 77.8 Å². The van der Waals surface area contributed by atoms with Crippen LogP contribution in [-0.2, 0) is 25.6 Å². The Morgan fingerprint density at radius 3 is 1.14 bits per heavy atom. The van der Waals surface area contributed by atoms with Crippen molar-refractivity contribution in [2.45, 2.75) is 0 Å². The second-order valence-electron chi connectivity index (χ2n) is 0.513. The predicted octanol–water partition coefficient (Wildman–Crippen LogP) is -1.31. The standard InChI is InChI=1S/Mo.H3O4P.Sn/c;1-5(2,3)4;/h;(H3,1,2,3,4);. The molecule has 7 heteroatoms. The smallest absolute Gasteiger partial charge is 0.303 e. The van der Waals surface area contributed by atoms with Gasteiger partial charge in [0.15, 0.2) is 0 Å². The van der Waals surface area contributed by atoms with Gasteiger partial charge in [-0.1, -0.05) is 0 Å². The van der Waals surface area contributed by atoms with Crippen LogP contribution in [0.25, 0.3) is 0 Å². The number of hydrogen-bond donors (Lipinski definition) is 3. The van der Waals surface area contributed by atoms with Crippen LogP contribution < -0.4 is 0 Å². The molecule has 0 fully saturated rings. The van der Waals surface area contributed by atoms with Crippen molar-refractivity contribution in [3.8, 4) is 0 Å². The fourth-order valence-electron chi connectivity index (χ4n) is 0. The summed E-state index contributed by atoms with van der Waals surface area (Å²) in [6.07, 6.45) is 0. The SMILES string of the molecule is O=P(O)(O)O.[Mo].[Sn]. The fraction of sp³-hybridized carbons (Fsp3) is 0. The minimum atomic E-state index is -4.64. The Morgan fingerprint density at radius 1 is 1.14 bits per heavy atom. The van der Waals surface area contributed by atoms with Crippen molar-refractivity contribution >= 4 is 31.7 Å². The Morgan fingerprint density at radius 2 is 1.14 bits per heavy atom. The molecule has 0 saturated carbocycles. The third-order valence-corrected chi connectivity index (χ3v) is 0. The third kappa shape index (κ3) is 93.3. The van der Waals surface area contributed by atoms with E-state index in [1.807, 2.05) is 0 Å². The fourth-order valence-corrected chi connectivity index (χ4v) is 0. The summed E-state index contributed by atoms with van der Waals surface area (Å²) in [6.45, 7) is 0. The van der Waals surface area contributed by atoms with Gasteiger partial charge in [0.1, 0.15) is 0 Å². The Bertz CT molecular complexity index is 57.8. The zero-order chi connectivity index (χ0) is 4.50. The number of hydrogen-bond acceptors (Lipinski definition) is 1. The molecule has 4 radical (unpaired) electrons. The average molecular weight is 313 g/mol. The van der Waals surface area contributed by atoms with E-state index in [0.717, 1.165) is 0 Å². The summed E-state index contributed by atoms with van der Waals surface area (Å²) in [5.74, 6) is 0. The van der Waals surface area contributed by atoms with E-state index in [9.17, 15) is 0 Å². The molecular weight excluding hydrogens is 310 g/mol. The van der Waals surface area contributed by atoms with Crippen molar-refractivity contribution in [1.82, 2.24) is 0 Å². The van der Waals surface area contributed by atoms with E-state index in [0.29, 0.717) is 0 Å². The largest absolute Gasteiger partial charge is 0.466 e. The second-order valence-corrected chi connectivity index (χ2v) is 1.54. The van der Waals surface area contributed by atoms with Crippen molar-refractivity contribution in [3.63, 3.8) is 0 Å². The molecule has 0 aromatic heterocycles. The molecule has 0 rings (SSSR count). The first-order chi connectivity index (χ1) is 2.00. The Kier molecular flexibility index (Phi) is 13.0. The molecule has 0 aromatic carbocycles. The zero-order valence-corrected chi connectivity index (χ0v) is 8.86. The minimum Gasteiger partial charge on any atom is -0.303 e. The first-order valence-electron chi connectivity index (χ1n) is 0.783. The molecule has 0 atom stereocenters. The molecule has 42 valence electrons. The maximum Gasteiger partial charge on any atom is 0.466 e. The van der Waals surface area contributed by atoms with Crippen molar-refractivity contribution in [2.24, 2.45) is 0 Å². The van der Waals surface area contributed by atoms with Crippen LogP contribution in [-0.4, -0.2) is 38.6 Å². The number of phosphoric acid groups is 1. The van der Waals surface area contributed by atoms with Crippen LogP contribution in [0.3, 0.4) is 0 Å². The second kappa shape index (κ2) is 5.73. The summed E-state index contributed by atoms with van der Waals surface area (Å²) in [5, 5.41) is 0. The molecule has 0 aliphatic heterocycles. The Balaban J connectivity index is -0.0000000800. The van der Waals surface area contributed by atoms with Gasteiger partial charge in [-0.2, -0.15) is 0 Å². The molecular formula is H3MoO4PSn. The van der Waals surface area contributed by atoms with Crippen LogP contribution in [0, 0.1) is 0 Å². The molecule has 0 aliphatic rings. The molecule has 7 heavy (non-hydrogen) atoms. The van der Waals surface area contributed by atoms with Gasteiger partial charge in [0.25, 0.3) is 0 Å². The van der Waals surface area contributed by atoms with E-state index in [2.05, 4.69) is 0 Å². The predicted molar refractivity (Wildman–Crippen MR) is 20.0 cm³/mol. The molecule has 0 bridgehead atoms. The van der Waals surface area contributed by atoms with Crippen LogP contribution in [0.5, 0.6) is 0 Å². The summed E-state index contributed by atoms with van der Waals surface area (Å²) in [7, 11) is -4.64. The van der Waals surface area contributed by atoms with Gasteiger partial charge in [-0.25, -0.2) is 4.57 Å². The monoisotopic (exact) mass is 316 g/mol. The molecule has 0 amide bonds. The van der Waals surface area contributed by atoms with E-state index < -0.39 is 7.82 Å². The molecule has 0 aromatic rings. The third-order valence-electron chi connectivity index (χ3n) is 0. The van der Waals surface area contributed by atoms with Gasteiger partial charge in [-0.3, -0.25) is 0 Å². The van der Waals surface area contributed by atoms with Crippen LogP contribution in [0.1, 0.15) is 0 Å². The molecule has 0 aliphatic carbocycles. The summed E-state index contributed by atoms with van der Waals surface area (Å²) >= 11 is 0. The maximum atomic E-state index is 8.88.